The van der Waals surface area contributed by atoms with Gasteiger partial charge < -0.3 is 10.2 Å². The molecule has 0 radical (unpaired) electrons. The molecule has 4 aromatic rings. The Kier molecular flexibility index (Phi) is 11.0. The number of amides is 2. The number of nitrogens with one attached hydrogen (secondary N) is 1. The summed E-state index contributed by atoms with van der Waals surface area (Å²) in [5.74, 6) is -0.805. The van der Waals surface area contributed by atoms with Crippen LogP contribution in [-0.4, -0.2) is 44.3 Å². The van der Waals surface area contributed by atoms with Gasteiger partial charge in [0.1, 0.15) is 12.6 Å². The van der Waals surface area contributed by atoms with Crippen LogP contribution in [0.1, 0.15) is 30.0 Å². The van der Waals surface area contributed by atoms with E-state index in [0.717, 1.165) is 21.9 Å². The summed E-state index contributed by atoms with van der Waals surface area (Å²) >= 11 is 6.21. The Bertz CT molecular complexity index is 1620. The smallest absolute Gasteiger partial charge is 0.264 e. The molecular formula is C34H36ClN3O4S. The van der Waals surface area contributed by atoms with E-state index >= 15 is 0 Å². The molecule has 0 fully saturated rings. The van der Waals surface area contributed by atoms with E-state index in [4.69, 9.17) is 11.6 Å². The average Bonchev–Trinajstić information content (AvgIpc) is 3.02. The molecule has 1 atom stereocenters. The van der Waals surface area contributed by atoms with Gasteiger partial charge in [0.05, 0.1) is 10.6 Å². The number of anilines is 1. The summed E-state index contributed by atoms with van der Waals surface area (Å²) in [6.07, 6.45) is 0.996. The molecule has 0 aliphatic rings. The van der Waals surface area contributed by atoms with Gasteiger partial charge in [-0.25, -0.2) is 8.42 Å². The maximum absolute atomic E-state index is 14.4. The first-order valence-corrected chi connectivity index (χ1v) is 16.0. The number of sulfonamides is 1. The molecule has 2 amide bonds. The van der Waals surface area contributed by atoms with Crippen LogP contribution in [0, 0.1) is 6.92 Å². The van der Waals surface area contributed by atoms with Crippen molar-refractivity contribution in [1.29, 1.82) is 0 Å². The standard InChI is InChI=1S/C34H36ClN3O4S/c1-3-21-36-34(40)32(23-27-13-7-4-8-14-27)37(24-28-15-9-5-10-16-28)33(39)25-38(31-20-19-29(35)22-26(31)2)43(41,42)30-17-11-6-12-18-30/h4-20,22,32H,3,21,23-25H2,1-2H3,(H,36,40). The van der Waals surface area contributed by atoms with Crippen LogP contribution < -0.4 is 9.62 Å². The summed E-state index contributed by atoms with van der Waals surface area (Å²) in [6.45, 7) is 3.77. The number of hydrogen-bond acceptors (Lipinski definition) is 4. The lowest BCUT2D eigenvalue weighted by molar-refractivity contribution is -0.140. The summed E-state index contributed by atoms with van der Waals surface area (Å²) in [5, 5.41) is 3.40. The fraction of sp³-hybridized carbons (Fsp3) is 0.235. The molecule has 0 saturated carbocycles. The molecule has 0 aliphatic carbocycles. The summed E-state index contributed by atoms with van der Waals surface area (Å²) in [5.41, 5.74) is 2.62. The first-order valence-electron chi connectivity index (χ1n) is 14.2. The van der Waals surface area contributed by atoms with Crippen molar-refractivity contribution in [3.63, 3.8) is 0 Å². The van der Waals surface area contributed by atoms with E-state index in [2.05, 4.69) is 5.32 Å². The molecule has 4 rings (SSSR count). The van der Waals surface area contributed by atoms with Crippen LogP contribution >= 0.6 is 11.6 Å². The van der Waals surface area contributed by atoms with Crippen molar-refractivity contribution in [1.82, 2.24) is 10.2 Å². The van der Waals surface area contributed by atoms with Gasteiger partial charge in [-0.2, -0.15) is 0 Å². The number of aryl methyl sites for hydroxylation is 1. The molecule has 0 spiro atoms. The van der Waals surface area contributed by atoms with Crippen molar-refractivity contribution in [2.24, 2.45) is 0 Å². The van der Waals surface area contributed by atoms with Gasteiger partial charge in [0.15, 0.2) is 0 Å². The number of carbonyl (C=O) groups is 2. The summed E-state index contributed by atoms with van der Waals surface area (Å²) in [7, 11) is -4.17. The molecule has 0 heterocycles. The van der Waals surface area contributed by atoms with Crippen LogP contribution in [0.25, 0.3) is 0 Å². The first kappa shape index (κ1) is 31.8. The number of rotatable bonds is 13. The summed E-state index contributed by atoms with van der Waals surface area (Å²) < 4.78 is 29.2. The number of nitrogens with zero attached hydrogens (tertiary/aromatic N) is 2. The van der Waals surface area contributed by atoms with Gasteiger partial charge in [0.2, 0.25) is 11.8 Å². The minimum absolute atomic E-state index is 0.0493. The first-order chi connectivity index (χ1) is 20.7. The van der Waals surface area contributed by atoms with E-state index in [0.29, 0.717) is 22.8 Å². The molecule has 7 nitrogen and oxygen atoms in total. The molecule has 1 unspecified atom stereocenters. The SMILES string of the molecule is CCCNC(=O)C(Cc1ccccc1)N(Cc1ccccc1)C(=O)CN(c1ccc(Cl)cc1C)S(=O)(=O)c1ccccc1. The molecule has 1 N–H and O–H groups in total. The van der Waals surface area contributed by atoms with Gasteiger partial charge in [-0.05, 0) is 60.4 Å². The van der Waals surface area contributed by atoms with E-state index in [-0.39, 0.29) is 23.8 Å². The zero-order chi connectivity index (χ0) is 30.8. The van der Waals surface area contributed by atoms with E-state index in [1.54, 1.807) is 43.3 Å². The van der Waals surface area contributed by atoms with Gasteiger partial charge in [0, 0.05) is 24.5 Å². The molecule has 224 valence electrons. The maximum Gasteiger partial charge on any atom is 0.264 e. The van der Waals surface area contributed by atoms with Crippen LogP contribution in [0.4, 0.5) is 5.69 Å². The lowest BCUT2D eigenvalue weighted by Crippen LogP contribution is -2.53. The molecule has 0 aromatic heterocycles. The van der Waals surface area contributed by atoms with Crippen LogP contribution in [0.3, 0.4) is 0 Å². The highest BCUT2D eigenvalue weighted by atomic mass is 35.5. The summed E-state index contributed by atoms with van der Waals surface area (Å²) in [6, 6.07) is 30.8. The summed E-state index contributed by atoms with van der Waals surface area (Å²) in [4.78, 5) is 29.6. The van der Waals surface area contributed by atoms with Crippen LogP contribution in [0.2, 0.25) is 5.02 Å². The second-order valence-corrected chi connectivity index (χ2v) is 12.6. The van der Waals surface area contributed by atoms with Crippen LogP contribution in [0.5, 0.6) is 0 Å². The van der Waals surface area contributed by atoms with Crippen LogP contribution in [0.15, 0.2) is 114 Å². The Hall–Kier alpha value is -4.14. The van der Waals surface area contributed by atoms with Gasteiger partial charge in [-0.1, -0.05) is 97.4 Å². The highest BCUT2D eigenvalue weighted by Gasteiger charge is 2.35. The monoisotopic (exact) mass is 617 g/mol. The van der Waals surface area contributed by atoms with Crippen molar-refractivity contribution in [3.05, 3.63) is 131 Å². The van der Waals surface area contributed by atoms with Crippen molar-refractivity contribution in [3.8, 4) is 0 Å². The van der Waals surface area contributed by atoms with Crippen molar-refractivity contribution in [2.75, 3.05) is 17.4 Å². The van der Waals surface area contributed by atoms with E-state index in [1.807, 2.05) is 67.6 Å². The van der Waals surface area contributed by atoms with E-state index in [1.165, 1.54) is 17.0 Å². The maximum atomic E-state index is 14.4. The zero-order valence-electron chi connectivity index (χ0n) is 24.3. The Labute approximate surface area is 259 Å². The van der Waals surface area contributed by atoms with Gasteiger partial charge in [-0.15, -0.1) is 0 Å². The minimum Gasteiger partial charge on any atom is -0.354 e. The Morgan fingerprint density at radius 3 is 2.00 bits per heavy atom. The fourth-order valence-corrected chi connectivity index (χ4v) is 6.56. The minimum atomic E-state index is -4.17. The average molecular weight is 618 g/mol. The second-order valence-electron chi connectivity index (χ2n) is 10.3. The lowest BCUT2D eigenvalue weighted by atomic mass is 10.0. The lowest BCUT2D eigenvalue weighted by Gasteiger charge is -2.34. The Balaban J connectivity index is 1.80. The van der Waals surface area contributed by atoms with Gasteiger partial charge in [-0.3, -0.25) is 13.9 Å². The Morgan fingerprint density at radius 1 is 0.837 bits per heavy atom. The van der Waals surface area contributed by atoms with E-state index in [9.17, 15) is 18.0 Å². The van der Waals surface area contributed by atoms with Gasteiger partial charge >= 0.3 is 0 Å². The molecular weight excluding hydrogens is 582 g/mol. The molecule has 0 bridgehead atoms. The predicted octanol–water partition coefficient (Wildman–Crippen LogP) is 6.01. The van der Waals surface area contributed by atoms with Crippen molar-refractivity contribution < 1.29 is 18.0 Å². The third-order valence-corrected chi connectivity index (χ3v) is 9.06. The van der Waals surface area contributed by atoms with Gasteiger partial charge in [0.25, 0.3) is 10.0 Å². The van der Waals surface area contributed by atoms with Crippen molar-refractivity contribution in [2.45, 2.75) is 44.2 Å². The highest BCUT2D eigenvalue weighted by Crippen LogP contribution is 2.29. The molecule has 4 aromatic carbocycles. The highest BCUT2D eigenvalue weighted by molar-refractivity contribution is 7.92. The topological polar surface area (TPSA) is 86.8 Å². The second kappa shape index (κ2) is 14.8. The molecule has 43 heavy (non-hydrogen) atoms. The third-order valence-electron chi connectivity index (χ3n) is 7.05. The number of carbonyl (C=O) groups excluding carboxylic acids is 2. The quantitative estimate of drug-likeness (QED) is 0.199. The third kappa shape index (κ3) is 8.24. The van der Waals surface area contributed by atoms with Crippen LogP contribution in [-0.2, 0) is 32.6 Å². The fourth-order valence-electron chi connectivity index (χ4n) is 4.83. The zero-order valence-corrected chi connectivity index (χ0v) is 25.9. The molecule has 0 saturated heterocycles. The number of hydrogen-bond donors (Lipinski definition) is 1. The molecule has 9 heteroatoms. The molecule has 0 aliphatic heterocycles. The largest absolute Gasteiger partial charge is 0.354 e. The predicted molar refractivity (Wildman–Crippen MR) is 171 cm³/mol. The Morgan fingerprint density at radius 2 is 1.42 bits per heavy atom. The normalized spacial score (nSPS) is 11.9. The van der Waals surface area contributed by atoms with Crippen molar-refractivity contribution >= 4 is 39.1 Å². The number of halogens is 1. The van der Waals surface area contributed by atoms with E-state index < -0.39 is 28.5 Å². The number of benzene rings is 4.